The second-order valence-corrected chi connectivity index (χ2v) is 6.65. The molecule has 2 amide bonds. The molecule has 1 aliphatic rings. The highest BCUT2D eigenvalue weighted by Gasteiger charge is 2.42. The highest BCUT2D eigenvalue weighted by atomic mass is 16.5. The first-order valence-electron chi connectivity index (χ1n) is 8.47. The van der Waals surface area contributed by atoms with Gasteiger partial charge in [0.15, 0.2) is 17.2 Å². The van der Waals surface area contributed by atoms with Gasteiger partial charge >= 0.3 is 5.97 Å². The number of carbonyl (C=O) groups excluding carboxylic acids is 3. The molecule has 3 N–H and O–H groups in total. The number of nitrogens with zero attached hydrogens (tertiary/aromatic N) is 2. The van der Waals surface area contributed by atoms with Crippen LogP contribution < -0.4 is 20.7 Å². The second kappa shape index (κ2) is 7.18. The summed E-state index contributed by atoms with van der Waals surface area (Å²) in [6.07, 6.45) is 0. The monoisotopic (exact) mass is 384 g/mol. The van der Waals surface area contributed by atoms with Gasteiger partial charge in [0.2, 0.25) is 5.91 Å². The lowest BCUT2D eigenvalue weighted by molar-refractivity contribution is -0.133. The SMILES string of the molecule is COC(=O)c1ccccc1NC(=O)CN1C(=O)C(C)(C)Oc2ccc(N)nc21. The molecule has 0 unspecified atom stereocenters. The van der Waals surface area contributed by atoms with Crippen LogP contribution in [0, 0.1) is 0 Å². The van der Waals surface area contributed by atoms with Crippen LogP contribution in [0.15, 0.2) is 36.4 Å². The van der Waals surface area contributed by atoms with Gasteiger partial charge in [-0.3, -0.25) is 14.5 Å². The molecule has 28 heavy (non-hydrogen) atoms. The number of anilines is 3. The Morgan fingerprint density at radius 3 is 2.68 bits per heavy atom. The molecule has 2 aromatic rings. The standard InChI is InChI=1S/C19H20N4O5/c1-19(2)18(26)23(16-13(28-19)8-9-14(20)22-16)10-15(24)21-12-7-5-4-6-11(12)17(25)27-3/h4-9H,10H2,1-3H3,(H2,20,22)(H,21,24). The molecule has 3 rings (SSSR count). The molecule has 2 heterocycles. The zero-order valence-corrected chi connectivity index (χ0v) is 15.7. The third-order valence-electron chi connectivity index (χ3n) is 4.15. The number of nitrogen functional groups attached to an aromatic ring is 1. The maximum Gasteiger partial charge on any atom is 0.339 e. The topological polar surface area (TPSA) is 124 Å². The summed E-state index contributed by atoms with van der Waals surface area (Å²) in [6.45, 7) is 2.88. The maximum atomic E-state index is 12.8. The zero-order valence-electron chi connectivity index (χ0n) is 15.7. The number of ether oxygens (including phenoxy) is 2. The number of hydrogen-bond donors (Lipinski definition) is 2. The number of rotatable bonds is 4. The van der Waals surface area contributed by atoms with Crippen LogP contribution in [0.4, 0.5) is 17.3 Å². The Kier molecular flexibility index (Phi) is 4.91. The Bertz CT molecular complexity index is 957. The van der Waals surface area contributed by atoms with Crippen molar-refractivity contribution in [2.45, 2.75) is 19.4 Å². The Balaban J connectivity index is 1.87. The number of aromatic nitrogens is 1. The number of carbonyl (C=O) groups is 3. The fourth-order valence-corrected chi connectivity index (χ4v) is 2.82. The van der Waals surface area contributed by atoms with Gasteiger partial charge in [-0.25, -0.2) is 9.78 Å². The number of methoxy groups -OCH3 is 1. The fourth-order valence-electron chi connectivity index (χ4n) is 2.82. The number of benzene rings is 1. The minimum Gasteiger partial charge on any atom is -0.474 e. The summed E-state index contributed by atoms with van der Waals surface area (Å²) < 4.78 is 10.4. The van der Waals surface area contributed by atoms with Crippen LogP contribution in [-0.4, -0.2) is 42.0 Å². The van der Waals surface area contributed by atoms with Crippen LogP contribution >= 0.6 is 0 Å². The molecule has 0 bridgehead atoms. The number of nitrogens with one attached hydrogen (secondary N) is 1. The van der Waals surface area contributed by atoms with E-state index in [0.29, 0.717) is 5.75 Å². The normalized spacial score (nSPS) is 14.7. The van der Waals surface area contributed by atoms with Gasteiger partial charge in [-0.2, -0.15) is 0 Å². The molecule has 9 heteroatoms. The summed E-state index contributed by atoms with van der Waals surface area (Å²) in [7, 11) is 1.25. The molecular formula is C19H20N4O5. The Labute approximate surface area is 161 Å². The predicted molar refractivity (Wildman–Crippen MR) is 102 cm³/mol. The van der Waals surface area contributed by atoms with E-state index in [9.17, 15) is 14.4 Å². The third kappa shape index (κ3) is 3.59. The zero-order chi connectivity index (χ0) is 20.5. The van der Waals surface area contributed by atoms with Gasteiger partial charge in [-0.05, 0) is 38.1 Å². The van der Waals surface area contributed by atoms with E-state index in [4.69, 9.17) is 15.2 Å². The van der Waals surface area contributed by atoms with Crippen LogP contribution in [-0.2, 0) is 14.3 Å². The van der Waals surface area contributed by atoms with E-state index >= 15 is 0 Å². The smallest absolute Gasteiger partial charge is 0.339 e. The molecule has 1 aromatic carbocycles. The van der Waals surface area contributed by atoms with Crippen molar-refractivity contribution < 1.29 is 23.9 Å². The first-order chi connectivity index (χ1) is 13.2. The fraction of sp³-hybridized carbons (Fsp3) is 0.263. The van der Waals surface area contributed by atoms with Crippen molar-refractivity contribution in [1.82, 2.24) is 4.98 Å². The van der Waals surface area contributed by atoms with Crippen LogP contribution in [0.2, 0.25) is 0 Å². The van der Waals surface area contributed by atoms with Crippen molar-refractivity contribution in [3.8, 4) is 5.75 Å². The summed E-state index contributed by atoms with van der Waals surface area (Å²) in [6, 6.07) is 9.57. The summed E-state index contributed by atoms with van der Waals surface area (Å²) in [5, 5.41) is 2.63. The summed E-state index contributed by atoms with van der Waals surface area (Å²) in [5.74, 6) is -0.829. The van der Waals surface area contributed by atoms with Gasteiger partial charge in [-0.15, -0.1) is 0 Å². The van der Waals surface area contributed by atoms with E-state index in [1.54, 1.807) is 44.2 Å². The molecule has 0 fully saturated rings. The number of hydrogen-bond acceptors (Lipinski definition) is 7. The van der Waals surface area contributed by atoms with Gasteiger partial charge < -0.3 is 20.5 Å². The molecule has 0 saturated heterocycles. The Hall–Kier alpha value is -3.62. The molecule has 0 radical (unpaired) electrons. The molecular weight excluding hydrogens is 364 g/mol. The molecule has 0 spiro atoms. The first-order valence-corrected chi connectivity index (χ1v) is 8.47. The lowest BCUT2D eigenvalue weighted by atomic mass is 10.1. The summed E-state index contributed by atoms with van der Waals surface area (Å²) in [4.78, 5) is 42.6. The Morgan fingerprint density at radius 2 is 1.96 bits per heavy atom. The van der Waals surface area contributed by atoms with Crippen LogP contribution in [0.25, 0.3) is 0 Å². The number of amides is 2. The van der Waals surface area contributed by atoms with E-state index in [-0.39, 0.29) is 29.4 Å². The van der Waals surface area contributed by atoms with E-state index in [1.165, 1.54) is 18.1 Å². The van der Waals surface area contributed by atoms with E-state index < -0.39 is 23.4 Å². The molecule has 0 atom stereocenters. The number of esters is 1. The summed E-state index contributed by atoms with van der Waals surface area (Å²) in [5.41, 5.74) is 5.03. The van der Waals surface area contributed by atoms with Gasteiger partial charge in [0.05, 0.1) is 18.4 Å². The molecule has 0 aliphatic carbocycles. The molecule has 146 valence electrons. The highest BCUT2D eigenvalue weighted by Crippen LogP contribution is 2.36. The van der Waals surface area contributed by atoms with E-state index in [0.717, 1.165) is 0 Å². The molecule has 1 aromatic heterocycles. The van der Waals surface area contributed by atoms with Crippen molar-refractivity contribution in [3.63, 3.8) is 0 Å². The van der Waals surface area contributed by atoms with Crippen molar-refractivity contribution in [2.75, 3.05) is 29.6 Å². The lowest BCUT2D eigenvalue weighted by Gasteiger charge is -2.37. The summed E-state index contributed by atoms with van der Waals surface area (Å²) >= 11 is 0. The number of pyridine rings is 1. The van der Waals surface area contributed by atoms with Gasteiger partial charge in [0.25, 0.3) is 5.91 Å². The quantitative estimate of drug-likeness (QED) is 0.767. The van der Waals surface area contributed by atoms with Crippen molar-refractivity contribution in [1.29, 1.82) is 0 Å². The van der Waals surface area contributed by atoms with E-state index in [2.05, 4.69) is 10.3 Å². The second-order valence-electron chi connectivity index (χ2n) is 6.65. The average molecular weight is 384 g/mol. The minimum atomic E-state index is -1.17. The van der Waals surface area contributed by atoms with Crippen LogP contribution in [0.3, 0.4) is 0 Å². The molecule has 1 aliphatic heterocycles. The largest absolute Gasteiger partial charge is 0.474 e. The average Bonchev–Trinajstić information content (AvgIpc) is 2.66. The third-order valence-corrected chi connectivity index (χ3v) is 4.15. The first kappa shape index (κ1) is 19.2. The number of para-hydroxylation sites is 1. The Morgan fingerprint density at radius 1 is 1.25 bits per heavy atom. The van der Waals surface area contributed by atoms with Crippen LogP contribution in [0.1, 0.15) is 24.2 Å². The van der Waals surface area contributed by atoms with Crippen molar-refractivity contribution in [2.24, 2.45) is 0 Å². The lowest BCUT2D eigenvalue weighted by Crippen LogP contribution is -2.54. The van der Waals surface area contributed by atoms with Crippen molar-refractivity contribution in [3.05, 3.63) is 42.0 Å². The van der Waals surface area contributed by atoms with E-state index in [1.807, 2.05) is 0 Å². The number of nitrogens with two attached hydrogens (primary N) is 1. The minimum absolute atomic E-state index is 0.167. The number of fused-ring (bicyclic) bond motifs is 1. The maximum absolute atomic E-state index is 12.8. The van der Waals surface area contributed by atoms with Gasteiger partial charge in [0.1, 0.15) is 12.4 Å². The predicted octanol–water partition coefficient (Wildman–Crippen LogP) is 1.59. The molecule has 0 saturated carbocycles. The highest BCUT2D eigenvalue weighted by molar-refractivity contribution is 6.08. The van der Waals surface area contributed by atoms with Gasteiger partial charge in [0, 0.05) is 0 Å². The van der Waals surface area contributed by atoms with Crippen LogP contribution in [0.5, 0.6) is 5.75 Å². The van der Waals surface area contributed by atoms with Crippen molar-refractivity contribution >= 4 is 35.1 Å². The van der Waals surface area contributed by atoms with Gasteiger partial charge in [-0.1, -0.05) is 12.1 Å². The molecule has 9 nitrogen and oxygen atoms in total.